The maximum absolute atomic E-state index is 5.67. The zero-order valence-electron chi connectivity index (χ0n) is 6.98. The summed E-state index contributed by atoms with van der Waals surface area (Å²) in [7, 11) is 0. The van der Waals surface area contributed by atoms with E-state index in [-0.39, 0.29) is 30.1 Å². The Morgan fingerprint density at radius 1 is 0.438 bits per heavy atom. The van der Waals surface area contributed by atoms with Gasteiger partial charge in [0.1, 0.15) is 0 Å². The van der Waals surface area contributed by atoms with Gasteiger partial charge in [-0.3, -0.25) is 0 Å². The lowest BCUT2D eigenvalue weighted by atomic mass is 10.3. The van der Waals surface area contributed by atoms with Crippen LogP contribution in [0.1, 0.15) is 0 Å². The summed E-state index contributed by atoms with van der Waals surface area (Å²) < 4.78 is -0.750. The van der Waals surface area contributed by atoms with Crippen molar-refractivity contribution in [3.8, 4) is 0 Å². The Balaban J connectivity index is 0.000000487. The van der Waals surface area contributed by atoms with E-state index in [0.717, 1.165) is 0 Å². The van der Waals surface area contributed by atoms with Gasteiger partial charge in [-0.25, -0.2) is 0 Å². The van der Waals surface area contributed by atoms with E-state index in [1.165, 1.54) is 0 Å². The lowest BCUT2D eigenvalue weighted by Gasteiger charge is -2.06. The molecule has 0 fully saturated rings. The van der Waals surface area contributed by atoms with Gasteiger partial charge in [0.05, 0.1) is 30.1 Å². The van der Waals surface area contributed by atoms with Crippen LogP contribution in [0.3, 0.4) is 0 Å². The number of halogens is 9. The Labute approximate surface area is 138 Å². The summed E-state index contributed by atoms with van der Waals surface area (Å²) in [6.45, 7) is 0. The summed E-state index contributed by atoms with van der Waals surface area (Å²) >= 11 is 48.4. The van der Waals surface area contributed by atoms with Crippen molar-refractivity contribution in [2.75, 3.05) is 0 Å². The molecule has 0 heterocycles. The van der Waals surface area contributed by atoms with Crippen LogP contribution in [0.15, 0.2) is 0 Å². The summed E-state index contributed by atoms with van der Waals surface area (Å²) in [5.74, 6) is 0. The lowest BCUT2D eigenvalue weighted by Crippen LogP contribution is -1.79. The average Bonchev–Trinajstić information content (AvgIpc) is 2.20. The molecule has 0 aliphatic rings. The van der Waals surface area contributed by atoms with Crippen LogP contribution < -0.4 is 0 Å². The fraction of sp³-hybridized carbons (Fsp3) is 0.143. The van der Waals surface area contributed by atoms with E-state index in [1.54, 1.807) is 0 Å². The van der Waals surface area contributed by atoms with Crippen molar-refractivity contribution in [1.82, 2.24) is 0 Å². The molecule has 0 radical (unpaired) electrons. The molecular weight excluding hydrogens is 403 g/mol. The fourth-order valence-electron chi connectivity index (χ4n) is 0.578. The molecule has 9 heteroatoms. The van der Waals surface area contributed by atoms with Gasteiger partial charge >= 0.3 is 0 Å². The summed E-state index contributed by atoms with van der Waals surface area (Å²) in [4.78, 5) is 0. The molecule has 0 amide bonds. The first kappa shape index (κ1) is 17.8. The van der Waals surface area contributed by atoms with Gasteiger partial charge in [-0.1, -0.05) is 104 Å². The van der Waals surface area contributed by atoms with Gasteiger partial charge in [-0.15, -0.1) is 0 Å². The predicted octanol–water partition coefficient (Wildman–Crippen LogP) is 7.59. The third kappa shape index (κ3) is 5.22. The van der Waals surface area contributed by atoms with Gasteiger partial charge in [0.2, 0.25) is 0 Å². The summed E-state index contributed by atoms with van der Waals surface area (Å²) in [5.41, 5.74) is 0. The Hall–Kier alpha value is 1.83. The number of hydrogen-bond acceptors (Lipinski definition) is 0. The van der Waals surface area contributed by atoms with Crippen LogP contribution in [0.4, 0.5) is 0 Å². The molecule has 1 aromatic rings. The highest BCUT2D eigenvalue weighted by Crippen LogP contribution is 2.45. The van der Waals surface area contributed by atoms with Crippen LogP contribution in [0.25, 0.3) is 0 Å². The van der Waals surface area contributed by atoms with Gasteiger partial charge in [0.15, 0.2) is 4.30 Å². The van der Waals surface area contributed by atoms with E-state index >= 15 is 0 Å². The molecule has 0 bridgehead atoms. The third-order valence-corrected chi connectivity index (χ3v) is 4.00. The van der Waals surface area contributed by atoms with Crippen molar-refractivity contribution in [2.45, 2.75) is 4.30 Å². The van der Waals surface area contributed by atoms with E-state index in [9.17, 15) is 0 Å². The molecule has 92 valence electrons. The van der Waals surface area contributed by atoms with Gasteiger partial charge in [0.25, 0.3) is 0 Å². The minimum absolute atomic E-state index is 0.109. The summed E-state index contributed by atoms with van der Waals surface area (Å²) in [6, 6.07) is 0. The smallest absolute Gasteiger partial charge is 0.0874 e. The van der Waals surface area contributed by atoms with Crippen molar-refractivity contribution in [1.29, 1.82) is 0 Å². The molecule has 1 aromatic carbocycles. The van der Waals surface area contributed by atoms with Gasteiger partial charge in [0, 0.05) is 0 Å². The zero-order chi connectivity index (χ0) is 13.0. The van der Waals surface area contributed by atoms with E-state index < -0.39 is 4.30 Å². The maximum Gasteiger partial charge on any atom is 0.180 e. The molecule has 0 nitrogen and oxygen atoms in total. The van der Waals surface area contributed by atoms with Crippen LogP contribution in [0.2, 0.25) is 30.1 Å². The quantitative estimate of drug-likeness (QED) is 0.237. The highest BCUT2D eigenvalue weighted by atomic mass is 35.6. The monoisotopic (exact) mass is 400 g/mol. The molecule has 0 aromatic heterocycles. The van der Waals surface area contributed by atoms with Crippen LogP contribution in [-0.2, 0) is 0 Å². The Morgan fingerprint density at radius 3 is 0.562 bits per heavy atom. The second-order valence-corrected chi connectivity index (χ2v) is 6.38. The molecule has 16 heavy (non-hydrogen) atoms. The van der Waals surface area contributed by atoms with Gasteiger partial charge < -0.3 is 0 Å². The fourth-order valence-corrected chi connectivity index (χ4v) is 2.00. The predicted molar refractivity (Wildman–Crippen MR) is 77.8 cm³/mol. The van der Waals surface area contributed by atoms with Crippen molar-refractivity contribution < 1.29 is 0 Å². The molecule has 0 spiro atoms. The number of hydrogen-bond donors (Lipinski definition) is 0. The minimum Gasteiger partial charge on any atom is -0.0874 e. The third-order valence-electron chi connectivity index (χ3n) is 1.16. The van der Waals surface area contributed by atoms with Gasteiger partial charge in [-0.05, 0) is 0 Å². The molecule has 0 atom stereocenters. The highest BCUT2D eigenvalue weighted by molar-refractivity contribution is 6.63. The number of alkyl halides is 3. The first-order valence-electron chi connectivity index (χ1n) is 3.29. The topological polar surface area (TPSA) is 0 Å². The number of benzene rings is 1. The number of rotatable bonds is 0. The standard InChI is InChI=1S/C6Cl6.CHCl3/c7-1-2(8)4(10)6(12)5(11)3(1)9;2-1(3)4/h;1H. The largest absolute Gasteiger partial charge is 0.180 e. The van der Waals surface area contributed by atoms with Crippen molar-refractivity contribution >= 4 is 104 Å². The maximum atomic E-state index is 5.67. The molecule has 0 aliphatic carbocycles. The molecule has 0 aliphatic heterocycles. The molecule has 0 saturated heterocycles. The summed E-state index contributed by atoms with van der Waals surface area (Å²) in [5, 5.41) is 0.654. The molecular formula is C7HCl9. The van der Waals surface area contributed by atoms with E-state index in [1.807, 2.05) is 0 Å². The Bertz CT molecular complexity index is 265. The first-order valence-corrected chi connectivity index (χ1v) is 6.87. The van der Waals surface area contributed by atoms with Gasteiger partial charge in [-0.2, -0.15) is 0 Å². The second-order valence-electron chi connectivity index (χ2n) is 2.13. The minimum atomic E-state index is -0.750. The van der Waals surface area contributed by atoms with Crippen molar-refractivity contribution in [3.63, 3.8) is 0 Å². The SMILES string of the molecule is ClC(Cl)Cl.Clc1c(Cl)c(Cl)c(Cl)c(Cl)c1Cl. The lowest BCUT2D eigenvalue weighted by molar-refractivity contribution is 1.69. The summed E-state index contributed by atoms with van der Waals surface area (Å²) in [6.07, 6.45) is 0. The van der Waals surface area contributed by atoms with Crippen LogP contribution >= 0.6 is 104 Å². The molecule has 0 unspecified atom stereocenters. The zero-order valence-corrected chi connectivity index (χ0v) is 13.8. The normalized spacial score (nSPS) is 10.1. The second kappa shape index (κ2) is 8.09. The van der Waals surface area contributed by atoms with Crippen LogP contribution in [0, 0.1) is 0 Å². The average molecular weight is 404 g/mol. The molecule has 0 saturated carbocycles. The van der Waals surface area contributed by atoms with E-state index in [4.69, 9.17) is 104 Å². The van der Waals surface area contributed by atoms with Crippen LogP contribution in [0.5, 0.6) is 0 Å². The Kier molecular flexibility index (Phi) is 9.02. The first-order chi connectivity index (χ1) is 7.20. The van der Waals surface area contributed by atoms with E-state index in [2.05, 4.69) is 0 Å². The van der Waals surface area contributed by atoms with Crippen molar-refractivity contribution in [3.05, 3.63) is 30.1 Å². The molecule has 0 N–H and O–H groups in total. The highest BCUT2D eigenvalue weighted by Gasteiger charge is 2.17. The van der Waals surface area contributed by atoms with Crippen molar-refractivity contribution in [2.24, 2.45) is 0 Å². The van der Waals surface area contributed by atoms with Crippen LogP contribution in [-0.4, -0.2) is 4.30 Å². The molecule has 1 rings (SSSR count). The van der Waals surface area contributed by atoms with E-state index in [0.29, 0.717) is 0 Å². The Morgan fingerprint density at radius 2 is 0.500 bits per heavy atom.